The van der Waals surface area contributed by atoms with Crippen LogP contribution in [0.2, 0.25) is 0 Å². The van der Waals surface area contributed by atoms with Gasteiger partial charge in [-0.2, -0.15) is 0 Å². The van der Waals surface area contributed by atoms with Crippen molar-refractivity contribution in [1.29, 1.82) is 0 Å². The first-order valence-corrected chi connectivity index (χ1v) is 6.42. The zero-order chi connectivity index (χ0) is 13.8. The van der Waals surface area contributed by atoms with Crippen LogP contribution in [-0.4, -0.2) is 13.6 Å². The zero-order valence-electron chi connectivity index (χ0n) is 11.4. The molecule has 2 aromatic rings. The van der Waals surface area contributed by atoms with Gasteiger partial charge in [-0.25, -0.2) is 4.39 Å². The normalized spacial score (nSPS) is 10.5. The molecule has 0 spiro atoms. The first-order valence-electron chi connectivity index (χ1n) is 6.42. The minimum Gasteiger partial charge on any atom is -0.344 e. The van der Waals surface area contributed by atoms with Gasteiger partial charge in [0.2, 0.25) is 0 Å². The summed E-state index contributed by atoms with van der Waals surface area (Å²) in [6.07, 6.45) is 0.540. The van der Waals surface area contributed by atoms with Gasteiger partial charge in [0, 0.05) is 24.0 Å². The van der Waals surface area contributed by atoms with Crippen molar-refractivity contribution < 1.29 is 4.39 Å². The minimum absolute atomic E-state index is 0.191. The molecule has 0 amide bonds. The Kier molecular flexibility index (Phi) is 4.17. The summed E-state index contributed by atoms with van der Waals surface area (Å²) in [5, 5.41) is 0. The number of hydrogen-bond donors (Lipinski definition) is 1. The summed E-state index contributed by atoms with van der Waals surface area (Å²) in [4.78, 5) is 2.02. The molecule has 0 bridgehead atoms. The largest absolute Gasteiger partial charge is 0.344 e. The topological polar surface area (TPSA) is 29.3 Å². The molecule has 0 aliphatic rings. The van der Waals surface area contributed by atoms with Gasteiger partial charge >= 0.3 is 0 Å². The average Bonchev–Trinajstić information content (AvgIpc) is 2.41. The van der Waals surface area contributed by atoms with Crippen LogP contribution in [0.4, 0.5) is 15.8 Å². The third-order valence-corrected chi connectivity index (χ3v) is 3.33. The van der Waals surface area contributed by atoms with Crippen molar-refractivity contribution in [2.75, 3.05) is 18.5 Å². The van der Waals surface area contributed by atoms with Crippen LogP contribution in [-0.2, 0) is 6.42 Å². The van der Waals surface area contributed by atoms with Crippen LogP contribution in [0.1, 0.15) is 11.1 Å². The van der Waals surface area contributed by atoms with Crippen LogP contribution in [0, 0.1) is 12.7 Å². The first kappa shape index (κ1) is 13.6. The van der Waals surface area contributed by atoms with Crippen LogP contribution >= 0.6 is 0 Å². The maximum atomic E-state index is 13.9. The summed E-state index contributed by atoms with van der Waals surface area (Å²) in [7, 11) is 1.96. The van der Waals surface area contributed by atoms with Crippen LogP contribution < -0.4 is 10.6 Å². The van der Waals surface area contributed by atoms with E-state index in [4.69, 9.17) is 5.73 Å². The number of rotatable bonds is 4. The van der Waals surface area contributed by atoms with E-state index in [0.717, 1.165) is 16.9 Å². The number of para-hydroxylation sites is 1. The Bertz CT molecular complexity index is 566. The molecular weight excluding hydrogens is 239 g/mol. The van der Waals surface area contributed by atoms with Crippen molar-refractivity contribution in [2.45, 2.75) is 13.3 Å². The van der Waals surface area contributed by atoms with Crippen LogP contribution in [0.5, 0.6) is 0 Å². The smallest absolute Gasteiger partial charge is 0.128 e. The lowest BCUT2D eigenvalue weighted by atomic mass is 10.1. The van der Waals surface area contributed by atoms with Crippen molar-refractivity contribution in [2.24, 2.45) is 5.73 Å². The molecule has 0 aromatic heterocycles. The highest BCUT2D eigenvalue weighted by atomic mass is 19.1. The zero-order valence-corrected chi connectivity index (χ0v) is 11.4. The summed E-state index contributed by atoms with van der Waals surface area (Å²) in [5.41, 5.74) is 9.37. The number of hydrogen-bond acceptors (Lipinski definition) is 2. The van der Waals surface area contributed by atoms with E-state index in [0.29, 0.717) is 18.5 Å². The fraction of sp³-hybridized carbons (Fsp3) is 0.250. The third-order valence-electron chi connectivity index (χ3n) is 3.33. The minimum atomic E-state index is -0.191. The Labute approximate surface area is 113 Å². The summed E-state index contributed by atoms with van der Waals surface area (Å²) < 4.78 is 13.9. The molecule has 0 fully saturated rings. The molecule has 0 saturated carbocycles. The Hall–Kier alpha value is -1.87. The molecule has 2 rings (SSSR count). The van der Waals surface area contributed by atoms with Gasteiger partial charge in [0.05, 0.1) is 0 Å². The summed E-state index contributed by atoms with van der Waals surface area (Å²) in [6.45, 7) is 2.49. The number of nitrogens with two attached hydrogens (primary N) is 1. The van der Waals surface area contributed by atoms with Gasteiger partial charge in [0.15, 0.2) is 0 Å². The lowest BCUT2D eigenvalue weighted by molar-refractivity contribution is 0.609. The molecule has 0 saturated heterocycles. The predicted molar refractivity (Wildman–Crippen MR) is 78.4 cm³/mol. The van der Waals surface area contributed by atoms with Gasteiger partial charge in [-0.1, -0.05) is 24.3 Å². The molecule has 0 radical (unpaired) electrons. The number of anilines is 2. The summed E-state index contributed by atoms with van der Waals surface area (Å²) in [6, 6.07) is 13.2. The van der Waals surface area contributed by atoms with E-state index in [9.17, 15) is 4.39 Å². The second-order valence-corrected chi connectivity index (χ2v) is 4.62. The summed E-state index contributed by atoms with van der Waals surface area (Å²) >= 11 is 0. The molecule has 0 unspecified atom stereocenters. The lowest BCUT2D eigenvalue weighted by Crippen LogP contribution is -2.15. The van der Waals surface area contributed by atoms with Gasteiger partial charge in [0.1, 0.15) is 5.82 Å². The quantitative estimate of drug-likeness (QED) is 0.910. The van der Waals surface area contributed by atoms with Crippen LogP contribution in [0.15, 0.2) is 42.5 Å². The lowest BCUT2D eigenvalue weighted by Gasteiger charge is -2.24. The monoisotopic (exact) mass is 258 g/mol. The standard InChI is InChI=1S/C16H19FN2/c1-12-6-3-4-8-15(12)19(2)16-9-5-7-14(17)13(16)10-11-18/h3-9H,10-11,18H2,1-2H3. The third kappa shape index (κ3) is 2.76. The highest BCUT2D eigenvalue weighted by molar-refractivity contribution is 5.68. The number of benzene rings is 2. The SMILES string of the molecule is Cc1ccccc1N(C)c1cccc(F)c1CCN. The highest BCUT2D eigenvalue weighted by Crippen LogP contribution is 2.30. The molecule has 19 heavy (non-hydrogen) atoms. The molecule has 100 valence electrons. The van der Waals surface area contributed by atoms with Crippen molar-refractivity contribution in [3.63, 3.8) is 0 Å². The second kappa shape index (κ2) is 5.85. The van der Waals surface area contributed by atoms with Crippen LogP contribution in [0.25, 0.3) is 0 Å². The Morgan fingerprint density at radius 2 is 1.74 bits per heavy atom. The molecule has 0 aliphatic carbocycles. The average molecular weight is 258 g/mol. The molecule has 2 N–H and O–H groups in total. The van der Waals surface area contributed by atoms with E-state index in [1.54, 1.807) is 6.07 Å². The van der Waals surface area contributed by atoms with E-state index < -0.39 is 0 Å². The van der Waals surface area contributed by atoms with E-state index >= 15 is 0 Å². The number of halogens is 1. The predicted octanol–water partition coefficient (Wildman–Crippen LogP) is 3.40. The van der Waals surface area contributed by atoms with E-state index in [1.807, 2.05) is 49.2 Å². The Morgan fingerprint density at radius 1 is 1.05 bits per heavy atom. The van der Waals surface area contributed by atoms with Crippen molar-refractivity contribution in [1.82, 2.24) is 0 Å². The molecule has 3 heteroatoms. The Morgan fingerprint density at radius 3 is 2.42 bits per heavy atom. The van der Waals surface area contributed by atoms with Crippen molar-refractivity contribution in [3.8, 4) is 0 Å². The van der Waals surface area contributed by atoms with Crippen LogP contribution in [0.3, 0.4) is 0 Å². The van der Waals surface area contributed by atoms with Gasteiger partial charge in [0.25, 0.3) is 0 Å². The van der Waals surface area contributed by atoms with Gasteiger partial charge in [-0.05, 0) is 43.7 Å². The van der Waals surface area contributed by atoms with E-state index in [-0.39, 0.29) is 5.82 Å². The molecule has 0 atom stereocenters. The van der Waals surface area contributed by atoms with Gasteiger partial charge in [-0.15, -0.1) is 0 Å². The molecule has 0 aliphatic heterocycles. The fourth-order valence-corrected chi connectivity index (χ4v) is 2.32. The van der Waals surface area contributed by atoms with Gasteiger partial charge in [-0.3, -0.25) is 0 Å². The maximum absolute atomic E-state index is 13.9. The van der Waals surface area contributed by atoms with Crippen molar-refractivity contribution in [3.05, 3.63) is 59.4 Å². The maximum Gasteiger partial charge on any atom is 0.128 e. The number of nitrogens with zero attached hydrogens (tertiary/aromatic N) is 1. The van der Waals surface area contributed by atoms with E-state index in [1.165, 1.54) is 6.07 Å². The molecule has 0 heterocycles. The first-order chi connectivity index (χ1) is 9.15. The molecule has 2 nitrogen and oxygen atoms in total. The highest BCUT2D eigenvalue weighted by Gasteiger charge is 2.13. The van der Waals surface area contributed by atoms with E-state index in [2.05, 4.69) is 0 Å². The molecule has 2 aromatic carbocycles. The summed E-state index contributed by atoms with van der Waals surface area (Å²) in [5.74, 6) is -0.191. The Balaban J connectivity index is 2.47. The second-order valence-electron chi connectivity index (χ2n) is 4.62. The fourth-order valence-electron chi connectivity index (χ4n) is 2.32. The van der Waals surface area contributed by atoms with Gasteiger partial charge < -0.3 is 10.6 Å². The van der Waals surface area contributed by atoms with Crippen molar-refractivity contribution >= 4 is 11.4 Å². The molecular formula is C16H19FN2. The number of aryl methyl sites for hydroxylation is 1.